The van der Waals surface area contributed by atoms with Gasteiger partial charge in [0.25, 0.3) is 0 Å². The molecule has 0 saturated carbocycles. The summed E-state index contributed by atoms with van der Waals surface area (Å²) in [5.74, 6) is 0. The van der Waals surface area contributed by atoms with E-state index in [1.54, 1.807) is 18.3 Å². The van der Waals surface area contributed by atoms with Gasteiger partial charge in [0, 0.05) is 15.6 Å². The minimum atomic E-state index is -1.28. The minimum Gasteiger partial charge on any atom is -0.591 e. The fourth-order valence-corrected chi connectivity index (χ4v) is 2.96. The molecule has 0 fully saturated rings. The lowest BCUT2D eigenvalue weighted by Gasteiger charge is -2.17. The summed E-state index contributed by atoms with van der Waals surface area (Å²) in [6.07, 6.45) is 1.62. The van der Waals surface area contributed by atoms with Gasteiger partial charge in [-0.05, 0) is 50.1 Å². The number of nitrogens with zero attached hydrogens (tertiary/aromatic N) is 1. The Morgan fingerprint density at radius 3 is 2.23 bits per heavy atom. The monoisotopic (exact) mass is 353 g/mol. The smallest absolute Gasteiger partial charge is 0.144 e. The highest BCUT2D eigenvalue weighted by atomic mass is 35.5. The Bertz CT molecular complexity index is 675. The largest absolute Gasteiger partial charge is 0.591 e. The number of hydrogen-bond donors (Lipinski definition) is 0. The molecule has 0 aliphatic rings. The van der Waals surface area contributed by atoms with Crippen LogP contribution >= 0.6 is 23.2 Å². The molecule has 2 rings (SSSR count). The number of halogens is 2. The van der Waals surface area contributed by atoms with Gasteiger partial charge in [-0.15, -0.1) is 0 Å². The molecule has 0 aliphatic carbocycles. The van der Waals surface area contributed by atoms with Crippen LogP contribution in [0.3, 0.4) is 0 Å². The van der Waals surface area contributed by atoms with Gasteiger partial charge >= 0.3 is 0 Å². The Morgan fingerprint density at radius 2 is 1.64 bits per heavy atom. The molecule has 0 aromatic heterocycles. The van der Waals surface area contributed by atoms with E-state index in [-0.39, 0.29) is 4.75 Å². The first-order valence-electron chi connectivity index (χ1n) is 6.79. The van der Waals surface area contributed by atoms with Crippen LogP contribution in [0.15, 0.2) is 46.9 Å². The van der Waals surface area contributed by atoms with E-state index in [0.29, 0.717) is 10.0 Å². The fourth-order valence-electron chi connectivity index (χ4n) is 1.81. The molecular weight excluding hydrogens is 337 g/mol. The van der Waals surface area contributed by atoms with Crippen LogP contribution in [0.1, 0.15) is 26.3 Å². The van der Waals surface area contributed by atoms with Crippen LogP contribution < -0.4 is 0 Å². The maximum atomic E-state index is 12.0. The molecule has 2 aromatic carbocycles. The van der Waals surface area contributed by atoms with Gasteiger partial charge < -0.3 is 4.55 Å². The average molecular weight is 354 g/mol. The van der Waals surface area contributed by atoms with Gasteiger partial charge in [0.2, 0.25) is 0 Å². The molecule has 0 radical (unpaired) electrons. The molecule has 0 bridgehead atoms. The molecule has 0 aliphatic heterocycles. The highest BCUT2D eigenvalue weighted by Crippen LogP contribution is 2.34. The molecule has 0 N–H and O–H groups in total. The second kappa shape index (κ2) is 7.05. The summed E-state index contributed by atoms with van der Waals surface area (Å²) in [6, 6.07) is 13.1. The summed E-state index contributed by atoms with van der Waals surface area (Å²) in [5, 5.41) is 1.19. The van der Waals surface area contributed by atoms with E-state index in [1.165, 1.54) is 0 Å². The lowest BCUT2D eigenvalue weighted by Crippen LogP contribution is -2.25. The van der Waals surface area contributed by atoms with Gasteiger partial charge in [0.15, 0.2) is 0 Å². The van der Waals surface area contributed by atoms with Crippen molar-refractivity contribution in [1.29, 1.82) is 0 Å². The Balaban J connectivity index is 2.34. The first-order chi connectivity index (χ1) is 10.3. The van der Waals surface area contributed by atoms with Crippen LogP contribution in [0.25, 0.3) is 11.1 Å². The fraction of sp³-hybridized carbons (Fsp3) is 0.235. The predicted octanol–water partition coefficient (Wildman–Crippen LogP) is 5.54. The zero-order valence-electron chi connectivity index (χ0n) is 12.6. The number of rotatable bonds is 3. The molecule has 116 valence electrons. The molecule has 0 spiro atoms. The highest BCUT2D eigenvalue weighted by molar-refractivity contribution is 7.91. The minimum absolute atomic E-state index is 0.375. The Morgan fingerprint density at radius 1 is 1.05 bits per heavy atom. The third kappa shape index (κ3) is 4.26. The molecular formula is C17H17Cl2NOS. The molecule has 1 unspecified atom stereocenters. The van der Waals surface area contributed by atoms with Crippen molar-refractivity contribution >= 4 is 40.8 Å². The third-order valence-electron chi connectivity index (χ3n) is 2.96. The molecule has 0 saturated heterocycles. The second-order valence-electron chi connectivity index (χ2n) is 5.82. The highest BCUT2D eigenvalue weighted by Gasteiger charge is 2.25. The van der Waals surface area contributed by atoms with Crippen LogP contribution in [-0.4, -0.2) is 15.5 Å². The molecule has 1 atom stereocenters. The van der Waals surface area contributed by atoms with E-state index in [4.69, 9.17) is 23.2 Å². The van der Waals surface area contributed by atoms with Crippen LogP contribution in [0.5, 0.6) is 0 Å². The van der Waals surface area contributed by atoms with Gasteiger partial charge in [-0.2, -0.15) is 0 Å². The van der Waals surface area contributed by atoms with Crippen molar-refractivity contribution in [3.8, 4) is 11.1 Å². The van der Waals surface area contributed by atoms with Crippen LogP contribution in [0, 0.1) is 0 Å². The van der Waals surface area contributed by atoms with Gasteiger partial charge in [-0.1, -0.05) is 51.9 Å². The molecule has 22 heavy (non-hydrogen) atoms. The van der Waals surface area contributed by atoms with E-state index in [1.807, 2.05) is 51.1 Å². The topological polar surface area (TPSA) is 35.4 Å². The zero-order chi connectivity index (χ0) is 16.3. The van der Waals surface area contributed by atoms with Crippen molar-refractivity contribution in [3.63, 3.8) is 0 Å². The number of benzene rings is 2. The SMILES string of the molecule is CC(C)(C)[S+]([O-])/N=C/c1cccc(-c2c(Cl)cccc2Cl)c1. The molecule has 2 nitrogen and oxygen atoms in total. The third-order valence-corrected chi connectivity index (χ3v) is 4.93. The standard InChI is InChI=1S/C17H17Cl2NOS/c1-17(2,3)22(21)20-11-12-6-4-7-13(10-12)16-14(18)8-5-9-15(16)19/h4-11H,1-3H3/b20-11+. The van der Waals surface area contributed by atoms with Crippen molar-refractivity contribution in [2.24, 2.45) is 4.40 Å². The van der Waals surface area contributed by atoms with Crippen LogP contribution in [0.2, 0.25) is 10.0 Å². The normalized spacial score (nSPS) is 13.5. The summed E-state index contributed by atoms with van der Waals surface area (Å²) in [5.41, 5.74) is 2.55. The predicted molar refractivity (Wildman–Crippen MR) is 97.4 cm³/mol. The van der Waals surface area contributed by atoms with Gasteiger partial charge in [-0.25, -0.2) is 0 Å². The summed E-state index contributed by atoms with van der Waals surface area (Å²) in [4.78, 5) is 0. The van der Waals surface area contributed by atoms with Crippen molar-refractivity contribution in [2.45, 2.75) is 25.5 Å². The van der Waals surface area contributed by atoms with Crippen molar-refractivity contribution in [1.82, 2.24) is 0 Å². The second-order valence-corrected chi connectivity index (χ2v) is 8.57. The van der Waals surface area contributed by atoms with Gasteiger partial charge in [0.05, 0.1) is 6.21 Å². The van der Waals surface area contributed by atoms with E-state index >= 15 is 0 Å². The summed E-state index contributed by atoms with van der Waals surface area (Å²) in [7, 11) is 0. The van der Waals surface area contributed by atoms with Gasteiger partial charge in [0.1, 0.15) is 16.1 Å². The molecule has 0 heterocycles. The van der Waals surface area contributed by atoms with Crippen molar-refractivity contribution in [3.05, 3.63) is 58.1 Å². The van der Waals surface area contributed by atoms with E-state index in [0.717, 1.165) is 16.7 Å². The first kappa shape index (κ1) is 17.4. The lowest BCUT2D eigenvalue weighted by atomic mass is 10.0. The quantitative estimate of drug-likeness (QED) is 0.526. The zero-order valence-corrected chi connectivity index (χ0v) is 15.0. The lowest BCUT2D eigenvalue weighted by molar-refractivity contribution is 0.562. The summed E-state index contributed by atoms with van der Waals surface area (Å²) in [6.45, 7) is 5.67. The van der Waals surface area contributed by atoms with E-state index in [2.05, 4.69) is 4.40 Å². The van der Waals surface area contributed by atoms with E-state index < -0.39 is 11.4 Å². The molecule has 2 aromatic rings. The maximum Gasteiger partial charge on any atom is 0.144 e. The Hall–Kier alpha value is -1.00. The summed E-state index contributed by atoms with van der Waals surface area (Å²) >= 11 is 11.2. The first-order valence-corrected chi connectivity index (χ1v) is 8.66. The number of hydrogen-bond acceptors (Lipinski definition) is 2. The molecule has 5 heteroatoms. The molecule has 0 amide bonds. The summed E-state index contributed by atoms with van der Waals surface area (Å²) < 4.78 is 15.7. The van der Waals surface area contributed by atoms with Gasteiger partial charge in [-0.3, -0.25) is 0 Å². The Labute approximate surface area is 144 Å². The van der Waals surface area contributed by atoms with Crippen molar-refractivity contribution in [2.75, 3.05) is 0 Å². The van der Waals surface area contributed by atoms with Crippen LogP contribution in [0.4, 0.5) is 0 Å². The average Bonchev–Trinajstić information content (AvgIpc) is 2.44. The maximum absolute atomic E-state index is 12.0. The van der Waals surface area contributed by atoms with Crippen LogP contribution in [-0.2, 0) is 11.4 Å². The van der Waals surface area contributed by atoms with Crippen molar-refractivity contribution < 1.29 is 4.55 Å². The Kier molecular flexibility index (Phi) is 5.56. The van der Waals surface area contributed by atoms with E-state index in [9.17, 15) is 4.55 Å².